The zero-order valence-electron chi connectivity index (χ0n) is 51.7. The van der Waals surface area contributed by atoms with E-state index in [2.05, 4.69) is 53.2 Å². The van der Waals surface area contributed by atoms with Crippen LogP contribution in [0.15, 0.2) is 18.2 Å². The zero-order valence-corrected chi connectivity index (χ0v) is 51.7. The van der Waals surface area contributed by atoms with E-state index < -0.39 is 0 Å². The van der Waals surface area contributed by atoms with Gasteiger partial charge >= 0.3 is 0 Å². The Labute approximate surface area is 465 Å². The Bertz CT molecular complexity index is 1720. The summed E-state index contributed by atoms with van der Waals surface area (Å²) in [5, 5.41) is 29.7. The summed E-state index contributed by atoms with van der Waals surface area (Å²) in [6, 6.07) is 5.35. The average Bonchev–Trinajstić information content (AvgIpc) is 3.38. The molecule has 1 rings (SSSR count). The maximum Gasteiger partial charge on any atom is 0.162 e. The van der Waals surface area contributed by atoms with Gasteiger partial charge in [0.05, 0.1) is 30.2 Å². The minimum Gasteiger partial charge on any atom is -0.385 e. The standard InChI is InChI=1S/C13H20N2O.C10H22N2O.C8H15NO2.2C7H13NO2.C6H14N2O.C6H13NO/c1-4-13(16)10-7-11(14-5-2)9-12(8-10)15-6-3;1-4-10(13)9(12-3)7-5-6-8-11-2;1-6(10)4-8(9-3)5-7(2)11;2*1-5(9)4-7(8-3)6(2)10;1-5(9)6(8-3)4-7-2;1-4-6(8)5(2)7-3/h7-9,14-15H,4-6H2,1-3H3;9,11-12H,4-8H2,1-3H3;8-9H,4-5H2,1-3H3;2*7-8H,4H2,1-3H3;6-8H,4H2,1-3H3;5,7H,4H2,1-3H3. The normalized spacial score (nSPS) is 11.9. The van der Waals surface area contributed by atoms with Crippen LogP contribution >= 0.6 is 0 Å². The van der Waals surface area contributed by atoms with Crippen LogP contribution in [0.25, 0.3) is 0 Å². The van der Waals surface area contributed by atoms with E-state index >= 15 is 0 Å². The van der Waals surface area contributed by atoms with Crippen LogP contribution in [0.2, 0.25) is 0 Å². The number of Topliss-reactive ketones (excluding diaryl/α,β-unsaturated/α-hetero) is 10. The van der Waals surface area contributed by atoms with Gasteiger partial charge in [-0.15, -0.1) is 0 Å². The maximum absolute atomic E-state index is 11.7. The van der Waals surface area contributed by atoms with Gasteiger partial charge in [0.15, 0.2) is 5.78 Å². The molecule has 20 heteroatoms. The second-order valence-corrected chi connectivity index (χ2v) is 18.3. The highest BCUT2D eigenvalue weighted by atomic mass is 16.2. The highest BCUT2D eigenvalue weighted by Crippen LogP contribution is 2.20. The van der Waals surface area contributed by atoms with Gasteiger partial charge in [-0.1, -0.05) is 27.2 Å². The summed E-state index contributed by atoms with van der Waals surface area (Å²) in [6.07, 6.45) is 6.50. The summed E-state index contributed by atoms with van der Waals surface area (Å²) < 4.78 is 0. The second kappa shape index (κ2) is 55.9. The van der Waals surface area contributed by atoms with E-state index in [-0.39, 0.29) is 88.3 Å². The third-order valence-electron chi connectivity index (χ3n) is 11.2. The number of nitrogens with one attached hydrogen (secondary N) is 10. The molecule has 0 heterocycles. The summed E-state index contributed by atoms with van der Waals surface area (Å²) in [7, 11) is 14.3. The van der Waals surface area contributed by atoms with E-state index in [1.165, 1.54) is 41.5 Å². The Morgan fingerprint density at radius 1 is 0.429 bits per heavy atom. The van der Waals surface area contributed by atoms with Gasteiger partial charge in [-0.3, -0.25) is 47.9 Å². The first-order valence-corrected chi connectivity index (χ1v) is 27.2. The molecule has 0 spiro atoms. The predicted octanol–water partition coefficient (Wildman–Crippen LogP) is 4.86. The highest BCUT2D eigenvalue weighted by molar-refractivity contribution is 5.98. The Hall–Kier alpha value is -4.80. The van der Waals surface area contributed by atoms with Crippen molar-refractivity contribution in [2.45, 2.75) is 190 Å². The van der Waals surface area contributed by atoms with E-state index in [0.717, 1.165) is 55.8 Å². The summed E-state index contributed by atoms with van der Waals surface area (Å²) in [5.41, 5.74) is 2.77. The number of likely N-dealkylation sites (N-methyl/N-ethyl adjacent to an activating group) is 6. The minimum absolute atomic E-state index is 0.0118. The van der Waals surface area contributed by atoms with Gasteiger partial charge in [0.2, 0.25) is 0 Å². The van der Waals surface area contributed by atoms with Crippen molar-refractivity contribution in [2.24, 2.45) is 0 Å². The molecule has 0 aliphatic rings. The van der Waals surface area contributed by atoms with Crippen molar-refractivity contribution in [1.29, 1.82) is 0 Å². The van der Waals surface area contributed by atoms with Crippen LogP contribution in [0.4, 0.5) is 11.4 Å². The lowest BCUT2D eigenvalue weighted by Gasteiger charge is -2.13. The number of hydrogen-bond acceptors (Lipinski definition) is 20. The molecule has 448 valence electrons. The van der Waals surface area contributed by atoms with E-state index in [1.807, 2.05) is 80.9 Å². The Morgan fingerprint density at radius 3 is 1.04 bits per heavy atom. The number of hydrogen-bond donors (Lipinski definition) is 10. The molecule has 0 aliphatic carbocycles. The van der Waals surface area contributed by atoms with Gasteiger partial charge in [0.1, 0.15) is 52.0 Å². The molecule has 0 amide bonds. The number of carbonyl (C=O) groups is 10. The lowest BCUT2D eigenvalue weighted by molar-refractivity contribution is -0.123. The quantitative estimate of drug-likeness (QED) is 0.0326. The first-order valence-electron chi connectivity index (χ1n) is 27.2. The number of ketones is 10. The van der Waals surface area contributed by atoms with Crippen molar-refractivity contribution in [3.63, 3.8) is 0 Å². The van der Waals surface area contributed by atoms with Crippen LogP contribution in [0, 0.1) is 0 Å². The smallest absolute Gasteiger partial charge is 0.162 e. The lowest BCUT2D eigenvalue weighted by atomic mass is 10.0. The van der Waals surface area contributed by atoms with Crippen molar-refractivity contribution in [3.05, 3.63) is 23.8 Å². The van der Waals surface area contributed by atoms with Crippen LogP contribution in [0.5, 0.6) is 0 Å². The predicted molar refractivity (Wildman–Crippen MR) is 318 cm³/mol. The monoisotopic (exact) mass is 1090 g/mol. The van der Waals surface area contributed by atoms with Crippen LogP contribution in [0.3, 0.4) is 0 Å². The molecule has 5 unspecified atom stereocenters. The third-order valence-corrected chi connectivity index (χ3v) is 11.2. The number of rotatable bonds is 34. The average molecular weight is 1100 g/mol. The molecular weight excluding hydrogens is 985 g/mol. The topological polar surface area (TPSA) is 291 Å². The molecule has 0 saturated heterocycles. The molecule has 0 bridgehead atoms. The van der Waals surface area contributed by atoms with E-state index in [4.69, 9.17) is 0 Å². The molecule has 0 aliphatic heterocycles. The molecule has 0 saturated carbocycles. The van der Waals surface area contributed by atoms with Gasteiger partial charge in [-0.05, 0) is 163 Å². The van der Waals surface area contributed by atoms with E-state index in [1.54, 1.807) is 42.2 Å². The molecule has 20 nitrogen and oxygen atoms in total. The first-order chi connectivity index (χ1) is 36.1. The van der Waals surface area contributed by atoms with Crippen molar-refractivity contribution in [2.75, 3.05) is 93.2 Å². The first kappa shape index (κ1) is 83.5. The van der Waals surface area contributed by atoms with E-state index in [9.17, 15) is 47.9 Å². The van der Waals surface area contributed by atoms with Gasteiger partial charge < -0.3 is 53.2 Å². The molecule has 10 N–H and O–H groups in total. The second-order valence-electron chi connectivity index (χ2n) is 18.3. The molecule has 0 radical (unpaired) electrons. The number of unbranched alkanes of at least 4 members (excludes halogenated alkanes) is 1. The van der Waals surface area contributed by atoms with Crippen molar-refractivity contribution in [1.82, 2.24) is 42.5 Å². The number of carbonyl (C=O) groups excluding carboxylic acids is 10. The van der Waals surface area contributed by atoms with Gasteiger partial charge in [-0.2, -0.15) is 0 Å². The summed E-state index contributed by atoms with van der Waals surface area (Å²) in [4.78, 5) is 108. The summed E-state index contributed by atoms with van der Waals surface area (Å²) in [6.45, 7) is 25.6. The fraction of sp³-hybridized carbons (Fsp3) is 0.719. The molecule has 1 aromatic carbocycles. The number of anilines is 2. The highest BCUT2D eigenvalue weighted by Gasteiger charge is 2.15. The van der Waals surface area contributed by atoms with Gasteiger partial charge in [0, 0.05) is 87.6 Å². The van der Waals surface area contributed by atoms with Crippen LogP contribution in [-0.2, 0) is 43.2 Å². The van der Waals surface area contributed by atoms with Crippen molar-refractivity contribution in [3.8, 4) is 0 Å². The fourth-order valence-corrected chi connectivity index (χ4v) is 6.53. The minimum atomic E-state index is -0.294. The van der Waals surface area contributed by atoms with Crippen molar-refractivity contribution >= 4 is 69.2 Å². The molecular formula is C57H110N10O10. The van der Waals surface area contributed by atoms with Crippen LogP contribution < -0.4 is 53.2 Å². The molecule has 1 aromatic rings. The Balaban J connectivity index is -0.000000193. The third kappa shape index (κ3) is 53.0. The molecule has 0 aromatic heterocycles. The van der Waals surface area contributed by atoms with E-state index in [0.29, 0.717) is 57.3 Å². The van der Waals surface area contributed by atoms with Gasteiger partial charge in [0.25, 0.3) is 0 Å². The number of benzene rings is 1. The largest absolute Gasteiger partial charge is 0.385 e. The summed E-state index contributed by atoms with van der Waals surface area (Å²) in [5.74, 6) is 1.28. The Kier molecular flexibility index (Phi) is 60.7. The fourth-order valence-electron chi connectivity index (χ4n) is 6.53. The molecule has 77 heavy (non-hydrogen) atoms. The summed E-state index contributed by atoms with van der Waals surface area (Å²) >= 11 is 0. The lowest BCUT2D eigenvalue weighted by Crippen LogP contribution is -2.40. The van der Waals surface area contributed by atoms with Crippen molar-refractivity contribution < 1.29 is 47.9 Å². The van der Waals surface area contributed by atoms with Gasteiger partial charge in [-0.25, -0.2) is 0 Å². The molecule has 0 fully saturated rings. The maximum atomic E-state index is 11.7. The molecule has 5 atom stereocenters. The SMILES string of the molecule is CCC(=O)C(C)NC.CCC(=O)C(CCCCNC)NC.CCNc1cc(NCC)cc(C(=O)CC)c1.CNC(CC(C)=O)C(C)=O.CNC(CC(C)=O)C(C)=O.CNC(CC(C)=O)CC(C)=O.CNCC(NC)C(C)=O. The Morgan fingerprint density at radius 2 is 0.818 bits per heavy atom. The van der Waals surface area contributed by atoms with Crippen LogP contribution in [0.1, 0.15) is 165 Å². The zero-order chi connectivity index (χ0) is 61.1. The van der Waals surface area contributed by atoms with Crippen LogP contribution in [-0.4, -0.2) is 177 Å².